The number of nitrogens with zero attached hydrogens (tertiary/aromatic N) is 2. The smallest absolute Gasteiger partial charge is 0.306 e. The number of halogens is 1. The van der Waals surface area contributed by atoms with Gasteiger partial charge < -0.3 is 11.1 Å². The fourth-order valence-corrected chi connectivity index (χ4v) is 1.33. The highest BCUT2D eigenvalue weighted by Crippen LogP contribution is 2.16. The summed E-state index contributed by atoms with van der Waals surface area (Å²) in [6.07, 6.45) is 0. The molecule has 0 amide bonds. The zero-order valence-corrected chi connectivity index (χ0v) is 9.65. The molecule has 2 aromatic rings. The Labute approximate surface area is 99.0 Å². The van der Waals surface area contributed by atoms with E-state index in [-0.39, 0.29) is 11.8 Å². The predicted molar refractivity (Wildman–Crippen MR) is 64.5 cm³/mol. The van der Waals surface area contributed by atoms with Crippen molar-refractivity contribution in [3.63, 3.8) is 0 Å². The zero-order chi connectivity index (χ0) is 11.5. The summed E-state index contributed by atoms with van der Waals surface area (Å²) >= 11 is 3.33. The largest absolute Gasteiger partial charge is 0.379 e. The molecule has 7 heteroatoms. The first kappa shape index (κ1) is 10.6. The Morgan fingerprint density at radius 1 is 1.31 bits per heavy atom. The molecule has 1 aromatic heterocycles. The molecule has 0 saturated heterocycles. The lowest BCUT2D eigenvalue weighted by Gasteiger charge is -2.03. The van der Waals surface area contributed by atoms with Gasteiger partial charge in [-0.05, 0) is 24.3 Å². The second-order valence-electron chi connectivity index (χ2n) is 3.01. The van der Waals surface area contributed by atoms with E-state index in [2.05, 4.69) is 36.4 Å². The Bertz CT molecular complexity index is 551. The minimum absolute atomic E-state index is 0.116. The molecule has 0 aliphatic carbocycles. The van der Waals surface area contributed by atoms with Crippen LogP contribution >= 0.6 is 15.9 Å². The van der Waals surface area contributed by atoms with E-state index < -0.39 is 5.56 Å². The summed E-state index contributed by atoms with van der Waals surface area (Å²) in [6, 6.07) is 7.43. The number of nitrogens with two attached hydrogens (primary N) is 1. The summed E-state index contributed by atoms with van der Waals surface area (Å²) in [6.45, 7) is 0. The summed E-state index contributed by atoms with van der Waals surface area (Å²) in [5, 5.41) is 8.85. The van der Waals surface area contributed by atoms with E-state index in [1.165, 1.54) is 0 Å². The number of anilines is 3. The second-order valence-corrected chi connectivity index (χ2v) is 3.92. The minimum atomic E-state index is -0.499. The molecule has 0 atom stereocenters. The van der Waals surface area contributed by atoms with Crippen LogP contribution in [0.15, 0.2) is 33.5 Å². The van der Waals surface area contributed by atoms with Gasteiger partial charge in [0.15, 0.2) is 5.82 Å². The summed E-state index contributed by atoms with van der Waals surface area (Å²) in [4.78, 5) is 14.7. The molecule has 0 unspecified atom stereocenters. The monoisotopic (exact) mass is 281 g/mol. The first-order chi connectivity index (χ1) is 7.65. The highest BCUT2D eigenvalue weighted by Gasteiger charge is 2.01. The first-order valence-electron chi connectivity index (χ1n) is 4.40. The standard InChI is InChI=1S/C9H8BrN5O/c10-5-1-3-6(4-2-5)12-9-13-7(11)8(16)14-15-9/h1-4H,(H,14,16)(H3,11,12,13,15). The summed E-state index contributed by atoms with van der Waals surface area (Å²) in [7, 11) is 0. The number of nitrogens with one attached hydrogen (secondary N) is 2. The normalized spacial score (nSPS) is 10.1. The molecular weight excluding hydrogens is 274 g/mol. The third kappa shape index (κ3) is 2.37. The number of aromatic nitrogens is 3. The van der Waals surface area contributed by atoms with Gasteiger partial charge in [0.25, 0.3) is 0 Å². The van der Waals surface area contributed by atoms with Crippen LogP contribution in [0.4, 0.5) is 17.5 Å². The van der Waals surface area contributed by atoms with E-state index >= 15 is 0 Å². The molecule has 0 fully saturated rings. The minimum Gasteiger partial charge on any atom is -0.379 e. The van der Waals surface area contributed by atoms with Gasteiger partial charge in [-0.1, -0.05) is 15.9 Å². The predicted octanol–water partition coefficient (Wildman–Crippen LogP) is 1.25. The van der Waals surface area contributed by atoms with E-state index in [1.807, 2.05) is 24.3 Å². The van der Waals surface area contributed by atoms with E-state index in [0.29, 0.717) is 0 Å². The number of benzene rings is 1. The van der Waals surface area contributed by atoms with Crippen molar-refractivity contribution in [3.8, 4) is 0 Å². The van der Waals surface area contributed by atoms with Crippen LogP contribution in [-0.2, 0) is 0 Å². The number of aromatic amines is 1. The van der Waals surface area contributed by atoms with Gasteiger partial charge in [0.1, 0.15) is 0 Å². The molecule has 0 aliphatic rings. The van der Waals surface area contributed by atoms with Gasteiger partial charge in [0, 0.05) is 10.2 Å². The number of hydrogen-bond acceptors (Lipinski definition) is 5. The summed E-state index contributed by atoms with van der Waals surface area (Å²) < 4.78 is 0.972. The van der Waals surface area contributed by atoms with Crippen LogP contribution in [-0.4, -0.2) is 15.2 Å². The molecule has 0 radical (unpaired) electrons. The highest BCUT2D eigenvalue weighted by atomic mass is 79.9. The maximum absolute atomic E-state index is 10.9. The van der Waals surface area contributed by atoms with Gasteiger partial charge >= 0.3 is 5.56 Å². The quantitative estimate of drug-likeness (QED) is 0.770. The molecule has 2 rings (SSSR count). The zero-order valence-electron chi connectivity index (χ0n) is 8.07. The molecule has 1 aromatic carbocycles. The summed E-state index contributed by atoms with van der Waals surface area (Å²) in [5.74, 6) is 0.133. The lowest BCUT2D eigenvalue weighted by atomic mass is 10.3. The van der Waals surface area contributed by atoms with Gasteiger partial charge in [-0.2, -0.15) is 4.98 Å². The van der Waals surface area contributed by atoms with Gasteiger partial charge in [-0.15, -0.1) is 5.10 Å². The van der Waals surface area contributed by atoms with Crippen molar-refractivity contribution in [2.45, 2.75) is 0 Å². The van der Waals surface area contributed by atoms with E-state index in [4.69, 9.17) is 5.73 Å². The van der Waals surface area contributed by atoms with Crippen LogP contribution in [0.3, 0.4) is 0 Å². The van der Waals surface area contributed by atoms with Gasteiger partial charge in [-0.25, -0.2) is 5.10 Å². The Hall–Kier alpha value is -1.89. The Morgan fingerprint density at radius 3 is 2.62 bits per heavy atom. The molecule has 6 nitrogen and oxygen atoms in total. The fraction of sp³-hybridized carbons (Fsp3) is 0. The molecule has 0 aliphatic heterocycles. The molecule has 0 saturated carbocycles. The molecule has 82 valence electrons. The topological polar surface area (TPSA) is 96.7 Å². The van der Waals surface area contributed by atoms with Crippen molar-refractivity contribution in [3.05, 3.63) is 39.1 Å². The molecule has 1 heterocycles. The Kier molecular flexibility index (Phi) is 2.86. The third-order valence-electron chi connectivity index (χ3n) is 1.82. The van der Waals surface area contributed by atoms with Crippen LogP contribution in [0.1, 0.15) is 0 Å². The average molecular weight is 282 g/mol. The van der Waals surface area contributed by atoms with E-state index in [0.717, 1.165) is 10.2 Å². The summed E-state index contributed by atoms with van der Waals surface area (Å²) in [5.41, 5.74) is 5.66. The lowest BCUT2D eigenvalue weighted by Crippen LogP contribution is -2.16. The first-order valence-corrected chi connectivity index (χ1v) is 5.19. The SMILES string of the molecule is Nc1nc(Nc2ccc(Br)cc2)n[nH]c1=O. The van der Waals surface area contributed by atoms with Crippen LogP contribution in [0, 0.1) is 0 Å². The van der Waals surface area contributed by atoms with Gasteiger partial charge in [0.05, 0.1) is 0 Å². The van der Waals surface area contributed by atoms with Crippen molar-refractivity contribution in [2.75, 3.05) is 11.1 Å². The number of hydrogen-bond donors (Lipinski definition) is 3. The van der Waals surface area contributed by atoms with E-state index in [1.54, 1.807) is 0 Å². The second kappa shape index (κ2) is 4.31. The molecule has 0 bridgehead atoms. The average Bonchev–Trinajstić information content (AvgIpc) is 2.27. The number of rotatable bonds is 2. The van der Waals surface area contributed by atoms with Crippen LogP contribution in [0.25, 0.3) is 0 Å². The van der Waals surface area contributed by atoms with Crippen molar-refractivity contribution in [2.24, 2.45) is 0 Å². The van der Waals surface area contributed by atoms with Crippen LogP contribution in [0.2, 0.25) is 0 Å². The van der Waals surface area contributed by atoms with E-state index in [9.17, 15) is 4.79 Å². The Balaban J connectivity index is 2.23. The fourth-order valence-electron chi connectivity index (χ4n) is 1.07. The lowest BCUT2D eigenvalue weighted by molar-refractivity contribution is 0.948. The highest BCUT2D eigenvalue weighted by molar-refractivity contribution is 9.10. The van der Waals surface area contributed by atoms with Gasteiger partial charge in [-0.3, -0.25) is 4.79 Å². The van der Waals surface area contributed by atoms with Crippen molar-refractivity contribution in [1.82, 2.24) is 15.2 Å². The molecule has 0 spiro atoms. The molecule has 16 heavy (non-hydrogen) atoms. The maximum Gasteiger partial charge on any atom is 0.306 e. The number of nitrogen functional groups attached to an aromatic ring is 1. The molecule has 4 N–H and O–H groups in total. The van der Waals surface area contributed by atoms with Crippen LogP contribution in [0.5, 0.6) is 0 Å². The third-order valence-corrected chi connectivity index (χ3v) is 2.35. The number of H-pyrrole nitrogens is 1. The Morgan fingerprint density at radius 2 is 2.00 bits per heavy atom. The van der Waals surface area contributed by atoms with Crippen molar-refractivity contribution >= 4 is 33.4 Å². The van der Waals surface area contributed by atoms with Gasteiger partial charge in [0.2, 0.25) is 5.95 Å². The maximum atomic E-state index is 10.9. The van der Waals surface area contributed by atoms with Crippen molar-refractivity contribution < 1.29 is 0 Å². The van der Waals surface area contributed by atoms with Crippen LogP contribution < -0.4 is 16.6 Å². The molecular formula is C9H8BrN5O. The van der Waals surface area contributed by atoms with Crippen molar-refractivity contribution in [1.29, 1.82) is 0 Å².